The Hall–Kier alpha value is -2.27. The maximum Gasteiger partial charge on any atom is 0.355 e. The number of likely N-dealkylation sites (tertiary alicyclic amines) is 1. The topological polar surface area (TPSA) is 65.6 Å². The van der Waals surface area contributed by atoms with Gasteiger partial charge in [0.2, 0.25) is 0 Å². The Labute approximate surface area is 166 Å². The number of carbonyl (C=O) groups excluding carboxylic acids is 1. The van der Waals surface area contributed by atoms with Gasteiger partial charge in [0.1, 0.15) is 11.4 Å². The summed E-state index contributed by atoms with van der Waals surface area (Å²) in [5.74, 6) is 0.517. The Bertz CT molecular complexity index is 888. The Balaban J connectivity index is 1.78. The van der Waals surface area contributed by atoms with E-state index in [1.807, 2.05) is 26.0 Å². The van der Waals surface area contributed by atoms with Crippen molar-refractivity contribution in [3.8, 4) is 5.75 Å². The molecule has 0 radical (unpaired) electrons. The van der Waals surface area contributed by atoms with Gasteiger partial charge in [-0.1, -0.05) is 19.1 Å². The highest BCUT2D eigenvalue weighted by Gasteiger charge is 2.48. The van der Waals surface area contributed by atoms with Gasteiger partial charge in [0.15, 0.2) is 0 Å². The Morgan fingerprint density at radius 3 is 2.93 bits per heavy atom. The van der Waals surface area contributed by atoms with Gasteiger partial charge in [0.05, 0.1) is 6.61 Å². The molecule has 2 N–H and O–H groups in total. The molecule has 2 aromatic rings. The van der Waals surface area contributed by atoms with Gasteiger partial charge in [0, 0.05) is 17.7 Å². The fraction of sp³-hybridized carbons (Fsp3) is 0.522. The van der Waals surface area contributed by atoms with Crippen LogP contribution in [0.3, 0.4) is 0 Å². The third-order valence-corrected chi connectivity index (χ3v) is 6.89. The average Bonchev–Trinajstić information content (AvgIpc) is 3.01. The molecule has 0 saturated carbocycles. The van der Waals surface area contributed by atoms with Crippen molar-refractivity contribution in [2.24, 2.45) is 5.92 Å². The molecule has 2 aliphatic rings. The molecule has 1 aromatic carbocycles. The number of rotatable bonds is 4. The molecule has 4 rings (SSSR count). The average molecular weight is 383 g/mol. The Morgan fingerprint density at radius 1 is 1.39 bits per heavy atom. The molecule has 0 bridgehead atoms. The van der Waals surface area contributed by atoms with E-state index in [0.29, 0.717) is 24.0 Å². The molecule has 1 aromatic heterocycles. The van der Waals surface area contributed by atoms with Crippen molar-refractivity contribution in [3.05, 3.63) is 52.3 Å². The van der Waals surface area contributed by atoms with E-state index >= 15 is 0 Å². The predicted molar refractivity (Wildman–Crippen MR) is 109 cm³/mol. The van der Waals surface area contributed by atoms with Crippen LogP contribution in [0.5, 0.6) is 5.75 Å². The molecule has 0 amide bonds. The lowest BCUT2D eigenvalue weighted by atomic mass is 9.58. The third kappa shape index (κ3) is 3.02. The molecule has 2 heterocycles. The lowest BCUT2D eigenvalue weighted by molar-refractivity contribution is 0.0519. The number of aromatic nitrogens is 1. The molecule has 2 atom stereocenters. The van der Waals surface area contributed by atoms with Gasteiger partial charge in [-0.3, -0.25) is 0 Å². The SMILES string of the molecule is CCOC(=O)c1[nH]c2c(c1C)C[C@@H]1CN(CC)CC[C@@]1(c1cccc(O)c1)C2. The van der Waals surface area contributed by atoms with E-state index in [0.717, 1.165) is 50.2 Å². The molecule has 1 saturated heterocycles. The number of hydrogen-bond acceptors (Lipinski definition) is 4. The first-order chi connectivity index (χ1) is 13.5. The Kier molecular flexibility index (Phi) is 4.96. The number of phenols is 1. The van der Waals surface area contributed by atoms with Gasteiger partial charge in [-0.15, -0.1) is 0 Å². The zero-order valence-electron chi connectivity index (χ0n) is 17.0. The number of carbonyl (C=O) groups is 1. The number of benzene rings is 1. The number of aromatic amines is 1. The number of H-pyrrole nitrogens is 1. The van der Waals surface area contributed by atoms with Gasteiger partial charge in [-0.05, 0) is 80.9 Å². The van der Waals surface area contributed by atoms with Crippen LogP contribution in [0, 0.1) is 12.8 Å². The number of esters is 1. The first-order valence-electron chi connectivity index (χ1n) is 10.4. The summed E-state index contributed by atoms with van der Waals surface area (Å²) >= 11 is 0. The zero-order valence-corrected chi connectivity index (χ0v) is 17.0. The molecular weight excluding hydrogens is 352 g/mol. The van der Waals surface area contributed by atoms with Crippen molar-refractivity contribution >= 4 is 5.97 Å². The first kappa shape index (κ1) is 19.1. The summed E-state index contributed by atoms with van der Waals surface area (Å²) in [6.45, 7) is 9.62. The third-order valence-electron chi connectivity index (χ3n) is 6.89. The van der Waals surface area contributed by atoms with Crippen LogP contribution in [-0.2, 0) is 23.0 Å². The summed E-state index contributed by atoms with van der Waals surface area (Å²) in [5, 5.41) is 10.1. The van der Waals surface area contributed by atoms with Crippen LogP contribution in [0.1, 0.15) is 53.1 Å². The number of fused-ring (bicyclic) bond motifs is 2. The normalized spacial score (nSPS) is 24.5. The van der Waals surface area contributed by atoms with Crippen LogP contribution in [0.4, 0.5) is 0 Å². The van der Waals surface area contributed by atoms with Crippen LogP contribution in [0.15, 0.2) is 24.3 Å². The highest BCUT2D eigenvalue weighted by Crippen LogP contribution is 2.49. The minimum Gasteiger partial charge on any atom is -0.508 e. The van der Waals surface area contributed by atoms with E-state index in [4.69, 9.17) is 4.74 Å². The molecule has 0 unspecified atom stereocenters. The molecule has 150 valence electrons. The summed E-state index contributed by atoms with van der Waals surface area (Å²) in [6.07, 6.45) is 2.87. The highest BCUT2D eigenvalue weighted by atomic mass is 16.5. The maximum atomic E-state index is 12.4. The largest absolute Gasteiger partial charge is 0.508 e. The number of piperidine rings is 1. The van der Waals surface area contributed by atoms with E-state index in [2.05, 4.69) is 22.9 Å². The van der Waals surface area contributed by atoms with Crippen molar-refractivity contribution in [2.75, 3.05) is 26.2 Å². The fourth-order valence-electron chi connectivity index (χ4n) is 5.31. The molecular formula is C23H30N2O3. The van der Waals surface area contributed by atoms with E-state index in [-0.39, 0.29) is 11.4 Å². The summed E-state index contributed by atoms with van der Waals surface area (Å²) in [6, 6.07) is 7.77. The van der Waals surface area contributed by atoms with Crippen molar-refractivity contribution in [2.45, 2.75) is 45.4 Å². The molecule has 1 aliphatic heterocycles. The molecule has 5 heteroatoms. The Morgan fingerprint density at radius 2 is 2.21 bits per heavy atom. The second-order valence-corrected chi connectivity index (χ2v) is 8.23. The molecule has 0 spiro atoms. The van der Waals surface area contributed by atoms with Crippen LogP contribution >= 0.6 is 0 Å². The smallest absolute Gasteiger partial charge is 0.355 e. The summed E-state index contributed by atoms with van der Waals surface area (Å²) in [5.41, 5.74) is 5.27. The number of nitrogens with one attached hydrogen (secondary N) is 1. The van der Waals surface area contributed by atoms with Crippen LogP contribution in [0.25, 0.3) is 0 Å². The van der Waals surface area contributed by atoms with Crippen molar-refractivity contribution in [1.82, 2.24) is 9.88 Å². The second kappa shape index (κ2) is 7.28. The number of ether oxygens (including phenoxy) is 1. The molecule has 5 nitrogen and oxygen atoms in total. The summed E-state index contributed by atoms with van der Waals surface area (Å²) in [4.78, 5) is 18.3. The van der Waals surface area contributed by atoms with Crippen molar-refractivity contribution in [3.63, 3.8) is 0 Å². The summed E-state index contributed by atoms with van der Waals surface area (Å²) in [7, 11) is 0. The summed E-state index contributed by atoms with van der Waals surface area (Å²) < 4.78 is 5.25. The van der Waals surface area contributed by atoms with Crippen LogP contribution in [0.2, 0.25) is 0 Å². The number of hydrogen-bond donors (Lipinski definition) is 2. The highest BCUT2D eigenvalue weighted by molar-refractivity contribution is 5.90. The van der Waals surface area contributed by atoms with E-state index in [9.17, 15) is 9.90 Å². The second-order valence-electron chi connectivity index (χ2n) is 8.23. The number of phenolic OH excluding ortho intramolecular Hbond substituents is 1. The predicted octanol–water partition coefficient (Wildman–Crippen LogP) is 3.58. The van der Waals surface area contributed by atoms with Crippen LogP contribution in [-0.4, -0.2) is 47.2 Å². The quantitative estimate of drug-likeness (QED) is 0.793. The van der Waals surface area contributed by atoms with Gasteiger partial charge in [-0.2, -0.15) is 0 Å². The van der Waals surface area contributed by atoms with Gasteiger partial charge < -0.3 is 19.7 Å². The minimum atomic E-state index is -0.265. The standard InChI is InChI=1S/C23H30N2O3/c1-4-25-10-9-23(16-7-6-8-18(26)11-16)13-20-19(12-17(23)14-25)15(3)21(24-20)22(27)28-5-2/h6-8,11,17,24,26H,4-5,9-10,12-14H2,1-3H3/t17-,23+/m1/s1. The maximum absolute atomic E-state index is 12.4. The fourth-order valence-corrected chi connectivity index (χ4v) is 5.31. The molecule has 1 aliphatic carbocycles. The van der Waals surface area contributed by atoms with E-state index in [1.165, 1.54) is 11.1 Å². The lowest BCUT2D eigenvalue weighted by Gasteiger charge is -2.51. The molecule has 28 heavy (non-hydrogen) atoms. The van der Waals surface area contributed by atoms with Crippen molar-refractivity contribution in [1.29, 1.82) is 0 Å². The zero-order chi connectivity index (χ0) is 19.9. The van der Waals surface area contributed by atoms with Crippen LogP contribution < -0.4 is 0 Å². The number of nitrogens with zero attached hydrogens (tertiary/aromatic N) is 1. The van der Waals surface area contributed by atoms with Crippen molar-refractivity contribution < 1.29 is 14.6 Å². The van der Waals surface area contributed by atoms with E-state index < -0.39 is 0 Å². The lowest BCUT2D eigenvalue weighted by Crippen LogP contribution is -2.53. The van der Waals surface area contributed by atoms with Gasteiger partial charge in [0.25, 0.3) is 0 Å². The number of aromatic hydroxyl groups is 1. The molecule has 1 fully saturated rings. The monoisotopic (exact) mass is 382 g/mol. The minimum absolute atomic E-state index is 0.0133. The van der Waals surface area contributed by atoms with E-state index in [1.54, 1.807) is 6.07 Å². The van der Waals surface area contributed by atoms with Gasteiger partial charge in [-0.25, -0.2) is 4.79 Å². The van der Waals surface area contributed by atoms with Gasteiger partial charge >= 0.3 is 5.97 Å². The first-order valence-corrected chi connectivity index (χ1v) is 10.4.